The van der Waals surface area contributed by atoms with Crippen molar-refractivity contribution in [1.82, 2.24) is 30.0 Å². The molecular weight excluding hydrogens is 537 g/mol. The standard InChI is InChI=1S/C28H29Cl2N7O2/c1-28(2)17(9-26(38)35-24(27(31)39)10-18-14-33-15-34-18)8-20(28)25-12-23(16-4-3-7-32-13-16)36-37(25)19-5-6-21(29)22(30)11-19/h3-7,11-15,17,20,24H,8-10H2,1-2H3,(H2,31,39)(H,33,34)(H,35,38)/t17-,20-,24+/m1/s1. The molecule has 3 aromatic heterocycles. The van der Waals surface area contributed by atoms with E-state index in [-0.39, 0.29) is 36.0 Å². The number of benzene rings is 1. The van der Waals surface area contributed by atoms with Gasteiger partial charge in [0.15, 0.2) is 0 Å². The zero-order chi connectivity index (χ0) is 27.7. The van der Waals surface area contributed by atoms with Crippen LogP contribution >= 0.6 is 23.2 Å². The molecule has 0 aliphatic heterocycles. The van der Waals surface area contributed by atoms with E-state index in [9.17, 15) is 9.59 Å². The molecule has 0 unspecified atom stereocenters. The summed E-state index contributed by atoms with van der Waals surface area (Å²) in [6.45, 7) is 4.31. The number of rotatable bonds is 9. The van der Waals surface area contributed by atoms with Crippen molar-refractivity contribution in [3.63, 3.8) is 0 Å². The summed E-state index contributed by atoms with van der Waals surface area (Å²) >= 11 is 12.5. The maximum Gasteiger partial charge on any atom is 0.240 e. The van der Waals surface area contributed by atoms with Crippen LogP contribution in [0.2, 0.25) is 10.0 Å². The minimum atomic E-state index is -0.821. The number of H-pyrrole nitrogens is 1. The van der Waals surface area contributed by atoms with Crippen LogP contribution < -0.4 is 11.1 Å². The molecule has 0 saturated heterocycles. The van der Waals surface area contributed by atoms with Crippen LogP contribution in [-0.4, -0.2) is 42.6 Å². The molecule has 1 fully saturated rings. The second-order valence-electron chi connectivity index (χ2n) is 10.5. The highest BCUT2D eigenvalue weighted by molar-refractivity contribution is 6.42. The lowest BCUT2D eigenvalue weighted by Crippen LogP contribution is -2.50. The number of pyridine rings is 1. The quantitative estimate of drug-likeness (QED) is 0.270. The number of nitrogens with two attached hydrogens (primary N) is 1. The second-order valence-corrected chi connectivity index (χ2v) is 11.3. The molecule has 202 valence electrons. The highest BCUT2D eigenvalue weighted by Crippen LogP contribution is 2.58. The van der Waals surface area contributed by atoms with Crippen molar-refractivity contribution >= 4 is 35.0 Å². The number of carbonyl (C=O) groups is 2. The van der Waals surface area contributed by atoms with E-state index >= 15 is 0 Å². The average Bonchev–Trinajstić information content (AvgIpc) is 3.58. The molecule has 1 aliphatic rings. The van der Waals surface area contributed by atoms with Crippen LogP contribution in [0.25, 0.3) is 16.9 Å². The summed E-state index contributed by atoms with van der Waals surface area (Å²) in [6, 6.07) is 10.5. The van der Waals surface area contributed by atoms with Crippen molar-refractivity contribution in [3.8, 4) is 16.9 Å². The van der Waals surface area contributed by atoms with Gasteiger partial charge in [-0.1, -0.05) is 37.0 Å². The highest BCUT2D eigenvalue weighted by atomic mass is 35.5. The number of hydrogen-bond acceptors (Lipinski definition) is 5. The van der Waals surface area contributed by atoms with Gasteiger partial charge in [0.2, 0.25) is 11.8 Å². The molecule has 3 atom stereocenters. The Balaban J connectivity index is 1.36. The van der Waals surface area contributed by atoms with Crippen molar-refractivity contribution < 1.29 is 9.59 Å². The minimum absolute atomic E-state index is 0.0976. The van der Waals surface area contributed by atoms with Crippen molar-refractivity contribution in [2.75, 3.05) is 0 Å². The summed E-state index contributed by atoms with van der Waals surface area (Å²) in [4.78, 5) is 36.1. The fraction of sp³-hybridized carbons (Fsp3) is 0.321. The highest BCUT2D eigenvalue weighted by Gasteiger charge is 2.50. The van der Waals surface area contributed by atoms with Gasteiger partial charge >= 0.3 is 0 Å². The maximum atomic E-state index is 13.0. The van der Waals surface area contributed by atoms with E-state index in [1.807, 2.05) is 22.9 Å². The molecule has 0 radical (unpaired) electrons. The van der Waals surface area contributed by atoms with Crippen molar-refractivity contribution in [1.29, 1.82) is 0 Å². The predicted octanol–water partition coefficient (Wildman–Crippen LogP) is 4.70. The Hall–Kier alpha value is -3.69. The fourth-order valence-electron chi connectivity index (χ4n) is 5.30. The number of nitrogens with one attached hydrogen (secondary N) is 2. The number of halogens is 2. The second kappa shape index (κ2) is 10.8. The van der Waals surface area contributed by atoms with Gasteiger partial charge in [0.25, 0.3) is 0 Å². The number of hydrogen-bond donors (Lipinski definition) is 3. The summed E-state index contributed by atoms with van der Waals surface area (Å²) in [5.74, 6) is -0.579. The third kappa shape index (κ3) is 5.55. The lowest BCUT2D eigenvalue weighted by Gasteiger charge is -2.52. The molecule has 9 nitrogen and oxygen atoms in total. The molecule has 1 aromatic carbocycles. The lowest BCUT2D eigenvalue weighted by atomic mass is 9.52. The Kier molecular flexibility index (Phi) is 7.46. The third-order valence-electron chi connectivity index (χ3n) is 7.75. The number of amides is 2. The van der Waals surface area contributed by atoms with Crippen LogP contribution in [-0.2, 0) is 16.0 Å². The Morgan fingerprint density at radius 2 is 2.05 bits per heavy atom. The number of aromatic amines is 1. The first-order valence-corrected chi connectivity index (χ1v) is 13.4. The van der Waals surface area contributed by atoms with E-state index in [1.54, 1.807) is 30.7 Å². The molecule has 1 aliphatic carbocycles. The van der Waals surface area contributed by atoms with Gasteiger partial charge in [-0.3, -0.25) is 14.6 Å². The fourth-order valence-corrected chi connectivity index (χ4v) is 5.59. The molecule has 0 bridgehead atoms. The first-order chi connectivity index (χ1) is 18.6. The van der Waals surface area contributed by atoms with Gasteiger partial charge in [-0.05, 0) is 54.2 Å². The van der Waals surface area contributed by atoms with Gasteiger partial charge in [-0.2, -0.15) is 5.10 Å². The van der Waals surface area contributed by atoms with Crippen LogP contribution in [0.4, 0.5) is 0 Å². The Labute approximate surface area is 236 Å². The van der Waals surface area contributed by atoms with Crippen molar-refractivity contribution in [2.45, 2.75) is 45.1 Å². The predicted molar refractivity (Wildman–Crippen MR) is 149 cm³/mol. The molecule has 4 N–H and O–H groups in total. The Bertz CT molecular complexity index is 1490. The smallest absolute Gasteiger partial charge is 0.240 e. The summed E-state index contributed by atoms with van der Waals surface area (Å²) in [7, 11) is 0. The molecule has 11 heteroatoms. The first-order valence-electron chi connectivity index (χ1n) is 12.7. The van der Waals surface area contributed by atoms with E-state index in [2.05, 4.69) is 40.2 Å². The SMILES string of the molecule is CC1(C)[C@@H](CC(=O)N[C@@H](Cc2c[nH]cn2)C(N)=O)C[C@@H]1c1cc(-c2cccnc2)nn1-c1ccc(Cl)c(Cl)c1. The van der Waals surface area contributed by atoms with E-state index in [4.69, 9.17) is 34.0 Å². The Morgan fingerprint density at radius 3 is 2.69 bits per heavy atom. The monoisotopic (exact) mass is 565 g/mol. The van der Waals surface area contributed by atoms with Crippen molar-refractivity contribution in [3.05, 3.63) is 82.7 Å². The van der Waals surface area contributed by atoms with E-state index in [0.717, 1.165) is 29.1 Å². The molecular formula is C28H29Cl2N7O2. The summed E-state index contributed by atoms with van der Waals surface area (Å²) in [6.07, 6.45) is 8.00. The first kappa shape index (κ1) is 26.9. The van der Waals surface area contributed by atoms with E-state index < -0.39 is 11.9 Å². The number of aromatic nitrogens is 5. The number of nitrogens with zero attached hydrogens (tertiary/aromatic N) is 4. The van der Waals surface area contributed by atoms with Gasteiger partial charge in [-0.25, -0.2) is 9.67 Å². The number of primary amides is 1. The van der Waals surface area contributed by atoms with Crippen LogP contribution in [0.15, 0.2) is 61.3 Å². The molecule has 4 aromatic rings. The zero-order valence-corrected chi connectivity index (χ0v) is 23.1. The normalized spacial score (nSPS) is 18.8. The third-order valence-corrected chi connectivity index (χ3v) is 8.49. The lowest BCUT2D eigenvalue weighted by molar-refractivity contribution is -0.130. The van der Waals surface area contributed by atoms with Crippen LogP contribution in [0.3, 0.4) is 0 Å². The molecule has 39 heavy (non-hydrogen) atoms. The minimum Gasteiger partial charge on any atom is -0.368 e. The number of imidazole rings is 1. The van der Waals surface area contributed by atoms with E-state index in [1.165, 1.54) is 6.33 Å². The van der Waals surface area contributed by atoms with Gasteiger partial charge in [0.1, 0.15) is 6.04 Å². The van der Waals surface area contributed by atoms with Gasteiger partial charge in [0, 0.05) is 48.6 Å². The summed E-state index contributed by atoms with van der Waals surface area (Å²) < 4.78 is 1.90. The van der Waals surface area contributed by atoms with Crippen LogP contribution in [0.1, 0.15) is 44.0 Å². The van der Waals surface area contributed by atoms with E-state index in [0.29, 0.717) is 15.7 Å². The summed E-state index contributed by atoms with van der Waals surface area (Å²) in [5.41, 5.74) is 9.50. The Morgan fingerprint density at radius 1 is 1.23 bits per heavy atom. The molecule has 3 heterocycles. The zero-order valence-electron chi connectivity index (χ0n) is 21.6. The average molecular weight is 566 g/mol. The van der Waals surface area contributed by atoms with Gasteiger partial charge in [-0.15, -0.1) is 0 Å². The van der Waals surface area contributed by atoms with Crippen molar-refractivity contribution in [2.24, 2.45) is 17.1 Å². The molecule has 5 rings (SSSR count). The molecule has 2 amide bonds. The summed E-state index contributed by atoms with van der Waals surface area (Å²) in [5, 5.41) is 8.62. The maximum absolute atomic E-state index is 13.0. The topological polar surface area (TPSA) is 132 Å². The number of carbonyl (C=O) groups excluding carboxylic acids is 2. The van der Waals surface area contributed by atoms with Gasteiger partial charge < -0.3 is 16.0 Å². The van der Waals surface area contributed by atoms with Crippen LogP contribution in [0, 0.1) is 11.3 Å². The largest absolute Gasteiger partial charge is 0.368 e. The van der Waals surface area contributed by atoms with Gasteiger partial charge in [0.05, 0.1) is 33.4 Å². The molecule has 0 spiro atoms. The van der Waals surface area contributed by atoms with Crippen LogP contribution in [0.5, 0.6) is 0 Å². The molecule has 1 saturated carbocycles.